The molecule has 1 aromatic heterocycles. The van der Waals surface area contributed by atoms with Crippen molar-refractivity contribution < 1.29 is 9.36 Å². The maximum Gasteiger partial charge on any atom is 0.290 e. The van der Waals surface area contributed by atoms with E-state index < -0.39 is 0 Å². The van der Waals surface area contributed by atoms with Gasteiger partial charge in [-0.3, -0.25) is 4.79 Å². The number of nitrogens with one attached hydrogen (secondary N) is 1. The first kappa shape index (κ1) is 16.9. The number of rotatable bonds is 4. The van der Waals surface area contributed by atoms with Crippen molar-refractivity contribution in [3.63, 3.8) is 0 Å². The fourth-order valence-corrected chi connectivity index (χ4v) is 2.42. The molecular formula is C15H15Cl3N3O+. The molecule has 0 atom stereocenters. The van der Waals surface area contributed by atoms with Crippen LogP contribution in [-0.4, -0.2) is 20.0 Å². The molecule has 7 heteroatoms. The van der Waals surface area contributed by atoms with Crippen LogP contribution in [0, 0.1) is 0 Å². The second kappa shape index (κ2) is 7.18. The van der Waals surface area contributed by atoms with E-state index in [-0.39, 0.29) is 12.5 Å². The number of amides is 1. The van der Waals surface area contributed by atoms with Gasteiger partial charge in [-0.2, -0.15) is 4.57 Å². The fraction of sp³-hybridized carbons (Fsp3) is 0.200. The molecule has 0 unspecified atom stereocenters. The third-order valence-electron chi connectivity index (χ3n) is 3.00. The highest BCUT2D eigenvalue weighted by atomic mass is 35.5. The Kier molecular flexibility index (Phi) is 5.51. The van der Waals surface area contributed by atoms with Gasteiger partial charge in [0.15, 0.2) is 12.4 Å². The molecule has 0 saturated carbocycles. The first-order valence-corrected chi connectivity index (χ1v) is 7.61. The van der Waals surface area contributed by atoms with Crippen LogP contribution in [0.1, 0.15) is 0 Å². The number of anilines is 2. The summed E-state index contributed by atoms with van der Waals surface area (Å²) in [5.74, 6) is -0.206. The number of nitrogens with zero attached hydrogens (tertiary/aromatic N) is 2. The smallest absolute Gasteiger partial charge is 0.290 e. The van der Waals surface area contributed by atoms with Gasteiger partial charge in [0.2, 0.25) is 6.54 Å². The van der Waals surface area contributed by atoms with Crippen molar-refractivity contribution in [2.75, 3.05) is 24.3 Å². The van der Waals surface area contributed by atoms with E-state index in [0.717, 1.165) is 5.69 Å². The summed E-state index contributed by atoms with van der Waals surface area (Å²) < 4.78 is 1.77. The summed E-state index contributed by atoms with van der Waals surface area (Å²) in [5.41, 5.74) is 1.50. The minimum Gasteiger partial charge on any atom is -0.377 e. The summed E-state index contributed by atoms with van der Waals surface area (Å²) in [6, 6.07) is 6.89. The third kappa shape index (κ3) is 4.26. The van der Waals surface area contributed by atoms with E-state index in [1.165, 1.54) is 12.1 Å². The quantitative estimate of drug-likeness (QED) is 0.668. The molecule has 0 aliphatic rings. The SMILES string of the molecule is CN(C)c1cc[n+](CC(=O)Nc2cc(Cl)c(Cl)cc2Cl)cc1. The molecule has 0 spiro atoms. The Morgan fingerprint density at radius 3 is 2.27 bits per heavy atom. The molecule has 116 valence electrons. The highest BCUT2D eigenvalue weighted by Crippen LogP contribution is 2.32. The predicted octanol–water partition coefficient (Wildman–Crippen LogP) is 3.64. The van der Waals surface area contributed by atoms with Crippen LogP contribution in [0.15, 0.2) is 36.7 Å². The Balaban J connectivity index is 2.05. The van der Waals surface area contributed by atoms with Gasteiger partial charge in [-0.25, -0.2) is 0 Å². The number of hydrogen-bond acceptors (Lipinski definition) is 2. The highest BCUT2D eigenvalue weighted by Gasteiger charge is 2.13. The zero-order valence-electron chi connectivity index (χ0n) is 12.1. The first-order chi connectivity index (χ1) is 10.4. The lowest BCUT2D eigenvalue weighted by molar-refractivity contribution is -0.684. The fourth-order valence-electron chi connectivity index (χ4n) is 1.83. The predicted molar refractivity (Wildman–Crippen MR) is 91.1 cm³/mol. The van der Waals surface area contributed by atoms with Gasteiger partial charge < -0.3 is 10.2 Å². The van der Waals surface area contributed by atoms with Gasteiger partial charge in [-0.05, 0) is 12.1 Å². The van der Waals surface area contributed by atoms with Crippen molar-refractivity contribution in [2.45, 2.75) is 6.54 Å². The van der Waals surface area contributed by atoms with Crippen molar-refractivity contribution in [3.8, 4) is 0 Å². The Morgan fingerprint density at radius 1 is 1.09 bits per heavy atom. The number of hydrogen-bond donors (Lipinski definition) is 1. The van der Waals surface area contributed by atoms with E-state index in [1.807, 2.05) is 43.5 Å². The standard InChI is InChI=1S/C15H14Cl3N3O/c1-20(2)10-3-5-21(6-4-10)9-15(22)19-14-8-12(17)11(16)7-13(14)18/h3-8H,9H2,1-2H3/p+1. The lowest BCUT2D eigenvalue weighted by Crippen LogP contribution is -2.39. The van der Waals surface area contributed by atoms with Crippen LogP contribution >= 0.6 is 34.8 Å². The number of carbonyl (C=O) groups is 1. The van der Waals surface area contributed by atoms with Crippen LogP contribution < -0.4 is 14.8 Å². The molecule has 2 aromatic rings. The van der Waals surface area contributed by atoms with Gasteiger partial charge in [0.1, 0.15) is 0 Å². The number of benzene rings is 1. The molecule has 1 amide bonds. The molecule has 1 N–H and O–H groups in total. The Bertz CT molecular complexity index is 687. The zero-order chi connectivity index (χ0) is 16.3. The van der Waals surface area contributed by atoms with Crippen LogP contribution in [0.2, 0.25) is 15.1 Å². The summed E-state index contributed by atoms with van der Waals surface area (Å²) in [5, 5.41) is 3.75. The second-order valence-electron chi connectivity index (χ2n) is 4.92. The molecule has 0 bridgehead atoms. The lowest BCUT2D eigenvalue weighted by atomic mass is 10.3. The van der Waals surface area contributed by atoms with Crippen LogP contribution in [0.5, 0.6) is 0 Å². The second-order valence-corrected chi connectivity index (χ2v) is 6.14. The maximum atomic E-state index is 12.1. The van der Waals surface area contributed by atoms with Crippen LogP contribution in [-0.2, 0) is 11.3 Å². The molecule has 1 heterocycles. The molecule has 4 nitrogen and oxygen atoms in total. The van der Waals surface area contributed by atoms with Crippen molar-refractivity contribution >= 4 is 52.1 Å². The molecule has 0 saturated heterocycles. The molecule has 22 heavy (non-hydrogen) atoms. The minimum atomic E-state index is -0.206. The normalized spacial score (nSPS) is 10.4. The minimum absolute atomic E-state index is 0.171. The number of aromatic nitrogens is 1. The first-order valence-electron chi connectivity index (χ1n) is 6.47. The zero-order valence-corrected chi connectivity index (χ0v) is 14.4. The average Bonchev–Trinajstić information content (AvgIpc) is 2.45. The topological polar surface area (TPSA) is 36.2 Å². The number of pyridine rings is 1. The summed E-state index contributed by atoms with van der Waals surface area (Å²) in [6.45, 7) is 0.171. The Labute approximate surface area is 144 Å². The van der Waals surface area contributed by atoms with Crippen molar-refractivity contribution in [2.24, 2.45) is 0 Å². The van der Waals surface area contributed by atoms with E-state index in [4.69, 9.17) is 34.8 Å². The largest absolute Gasteiger partial charge is 0.377 e. The molecule has 0 radical (unpaired) electrons. The van der Waals surface area contributed by atoms with E-state index in [9.17, 15) is 4.79 Å². The Hall–Kier alpha value is -1.49. The summed E-state index contributed by atoms with van der Waals surface area (Å²) in [7, 11) is 3.91. The van der Waals surface area contributed by atoms with Crippen LogP contribution in [0.25, 0.3) is 0 Å². The summed E-state index contributed by atoms with van der Waals surface area (Å²) in [4.78, 5) is 14.1. The monoisotopic (exact) mass is 358 g/mol. The van der Waals surface area contributed by atoms with Gasteiger partial charge in [0.25, 0.3) is 5.91 Å². The van der Waals surface area contributed by atoms with Gasteiger partial charge in [-0.15, -0.1) is 0 Å². The van der Waals surface area contributed by atoms with E-state index in [2.05, 4.69) is 5.32 Å². The summed E-state index contributed by atoms with van der Waals surface area (Å²) in [6.07, 6.45) is 3.68. The maximum absolute atomic E-state index is 12.1. The van der Waals surface area contributed by atoms with Crippen molar-refractivity contribution in [3.05, 3.63) is 51.7 Å². The number of halogens is 3. The van der Waals surface area contributed by atoms with Gasteiger partial charge >= 0.3 is 0 Å². The lowest BCUT2D eigenvalue weighted by Gasteiger charge is -2.10. The van der Waals surface area contributed by atoms with Crippen LogP contribution in [0.4, 0.5) is 11.4 Å². The van der Waals surface area contributed by atoms with Crippen molar-refractivity contribution in [1.29, 1.82) is 0 Å². The molecule has 0 aliphatic heterocycles. The number of carbonyl (C=O) groups excluding carboxylic acids is 1. The van der Waals surface area contributed by atoms with E-state index >= 15 is 0 Å². The average molecular weight is 360 g/mol. The summed E-state index contributed by atoms with van der Waals surface area (Å²) >= 11 is 17.8. The van der Waals surface area contributed by atoms with Gasteiger partial charge in [0.05, 0.1) is 20.8 Å². The highest BCUT2D eigenvalue weighted by molar-refractivity contribution is 6.44. The molecule has 0 aliphatic carbocycles. The van der Waals surface area contributed by atoms with Crippen LogP contribution in [0.3, 0.4) is 0 Å². The van der Waals surface area contributed by atoms with Gasteiger partial charge in [0, 0.05) is 31.9 Å². The van der Waals surface area contributed by atoms with Gasteiger partial charge in [-0.1, -0.05) is 34.8 Å². The molecule has 0 fully saturated rings. The molecule has 1 aromatic carbocycles. The van der Waals surface area contributed by atoms with E-state index in [1.54, 1.807) is 4.57 Å². The van der Waals surface area contributed by atoms with E-state index in [0.29, 0.717) is 20.8 Å². The van der Waals surface area contributed by atoms with Crippen molar-refractivity contribution in [1.82, 2.24) is 0 Å². The third-order valence-corrected chi connectivity index (χ3v) is 4.04. The molecular weight excluding hydrogens is 345 g/mol. The molecule has 2 rings (SSSR count). The Morgan fingerprint density at radius 2 is 1.68 bits per heavy atom.